The second kappa shape index (κ2) is 11.8. The number of carboxylic acid groups (broad SMARTS) is 2. The summed E-state index contributed by atoms with van der Waals surface area (Å²) in [5, 5.41) is 18.0. The minimum Gasteiger partial charge on any atom is -0.545 e. The Hall–Kier alpha value is -2.32. The number of halogens is 1. The molecule has 3 rings (SSSR count). The van der Waals surface area contributed by atoms with E-state index in [1.807, 2.05) is 6.07 Å². The van der Waals surface area contributed by atoms with Crippen LogP contribution in [0, 0.1) is 0 Å². The molecule has 0 saturated carbocycles. The van der Waals surface area contributed by atoms with Crippen molar-refractivity contribution >= 4 is 35.3 Å². The number of aliphatic carboxylic acids is 2. The van der Waals surface area contributed by atoms with Gasteiger partial charge in [0.15, 0.2) is 0 Å². The van der Waals surface area contributed by atoms with Crippen molar-refractivity contribution in [1.29, 1.82) is 0 Å². The Morgan fingerprint density at radius 2 is 1.97 bits per heavy atom. The van der Waals surface area contributed by atoms with Crippen molar-refractivity contribution in [2.45, 2.75) is 22.3 Å². The Labute approximate surface area is 185 Å². The van der Waals surface area contributed by atoms with Gasteiger partial charge in [-0.3, -0.25) is 0 Å². The lowest BCUT2D eigenvalue weighted by molar-refractivity contribution is -0.858. The summed E-state index contributed by atoms with van der Waals surface area (Å²) in [6.07, 6.45) is 1.96. The summed E-state index contributed by atoms with van der Waals surface area (Å²) in [5.74, 6) is -2.80. The lowest BCUT2D eigenvalue weighted by Crippen LogP contribution is -3.06. The molecule has 0 aliphatic carbocycles. The fourth-order valence-corrected chi connectivity index (χ4v) is 4.16. The molecule has 8 heteroatoms. The first-order valence-electron chi connectivity index (χ1n) is 9.34. The van der Waals surface area contributed by atoms with Crippen LogP contribution in [0.5, 0.6) is 0 Å². The van der Waals surface area contributed by atoms with Gasteiger partial charge in [0.1, 0.15) is 6.54 Å². The molecule has 160 valence electrons. The molecule has 6 nitrogen and oxygen atoms in total. The maximum atomic E-state index is 9.53. The third-order valence-corrected chi connectivity index (χ3v) is 5.63. The Morgan fingerprint density at radius 3 is 2.60 bits per heavy atom. The number of fused-ring (bicyclic) bond motifs is 2. The second-order valence-corrected chi connectivity index (χ2v) is 8.42. The van der Waals surface area contributed by atoms with Gasteiger partial charge in [0.05, 0.1) is 32.8 Å². The summed E-state index contributed by atoms with van der Waals surface area (Å²) in [4.78, 5) is 22.9. The maximum absolute atomic E-state index is 9.53. The van der Waals surface area contributed by atoms with E-state index in [9.17, 15) is 14.7 Å². The lowest BCUT2D eigenvalue weighted by Gasteiger charge is -2.19. The Kier molecular flexibility index (Phi) is 9.39. The van der Waals surface area contributed by atoms with Gasteiger partial charge in [0.25, 0.3) is 0 Å². The Bertz CT molecular complexity index is 900. The number of rotatable bonds is 6. The normalized spacial score (nSPS) is 15.0. The number of ether oxygens (including phenoxy) is 1. The average molecular weight is 450 g/mol. The molecule has 0 fully saturated rings. The van der Waals surface area contributed by atoms with E-state index in [0.29, 0.717) is 12.2 Å². The number of carboxylic acids is 2. The van der Waals surface area contributed by atoms with Crippen molar-refractivity contribution in [3.05, 3.63) is 70.8 Å². The molecule has 0 bridgehead atoms. The molecule has 0 aromatic heterocycles. The van der Waals surface area contributed by atoms with Crippen molar-refractivity contribution in [2.24, 2.45) is 0 Å². The van der Waals surface area contributed by atoms with Crippen LogP contribution in [0.3, 0.4) is 0 Å². The summed E-state index contributed by atoms with van der Waals surface area (Å²) < 4.78 is 6.22. The molecule has 30 heavy (non-hydrogen) atoms. The van der Waals surface area contributed by atoms with Crippen LogP contribution >= 0.6 is 23.4 Å². The highest BCUT2D eigenvalue weighted by Gasteiger charge is 2.23. The number of benzene rings is 2. The zero-order valence-corrected chi connectivity index (χ0v) is 18.3. The molecule has 1 heterocycles. The summed E-state index contributed by atoms with van der Waals surface area (Å²) in [7, 11) is 4.30. The molecule has 0 saturated heterocycles. The topological polar surface area (TPSA) is 91.1 Å². The first kappa shape index (κ1) is 24.0. The minimum atomic E-state index is -1.51. The van der Waals surface area contributed by atoms with Crippen molar-refractivity contribution in [3.8, 4) is 0 Å². The highest BCUT2D eigenvalue weighted by Crippen LogP contribution is 2.42. The van der Waals surface area contributed by atoms with Gasteiger partial charge in [-0.2, -0.15) is 0 Å². The van der Waals surface area contributed by atoms with Crippen molar-refractivity contribution in [2.75, 3.05) is 27.2 Å². The highest BCUT2D eigenvalue weighted by molar-refractivity contribution is 7.99. The van der Waals surface area contributed by atoms with Crippen molar-refractivity contribution in [1.82, 2.24) is 0 Å². The van der Waals surface area contributed by atoms with Crippen LogP contribution in [0.15, 0.2) is 64.4 Å². The van der Waals surface area contributed by atoms with Crippen molar-refractivity contribution < 1.29 is 29.4 Å². The average Bonchev–Trinajstić information content (AvgIpc) is 2.82. The van der Waals surface area contributed by atoms with Crippen LogP contribution in [0.25, 0.3) is 0 Å². The number of quaternary nitrogens is 1. The summed E-state index contributed by atoms with van der Waals surface area (Å²) in [5.41, 5.74) is 2.60. The molecule has 2 aromatic rings. The molecule has 1 atom stereocenters. The molecule has 2 N–H and O–H groups in total. The third-order valence-electron chi connectivity index (χ3n) is 4.20. The van der Waals surface area contributed by atoms with Crippen LogP contribution < -0.4 is 10.0 Å². The number of hydrogen-bond donors (Lipinski definition) is 2. The SMILES string of the molecule is C[NH+](C)CCOC1Cc2ccccc2Sc2cc(Cl)ccc21.O=C([O-])/C=C\C(=O)O. The van der Waals surface area contributed by atoms with Crippen LogP contribution in [0.1, 0.15) is 17.2 Å². The van der Waals surface area contributed by atoms with Gasteiger partial charge in [-0.05, 0) is 35.4 Å². The maximum Gasteiger partial charge on any atom is 0.328 e. The fourth-order valence-electron chi connectivity index (χ4n) is 2.76. The number of nitrogens with one attached hydrogen (secondary N) is 1. The monoisotopic (exact) mass is 449 g/mol. The van der Waals surface area contributed by atoms with Gasteiger partial charge in [-0.15, -0.1) is 0 Å². The first-order chi connectivity index (χ1) is 14.3. The smallest absolute Gasteiger partial charge is 0.328 e. The number of carbonyl (C=O) groups excluding carboxylic acids is 1. The van der Waals surface area contributed by atoms with Gasteiger partial charge in [-0.25, -0.2) is 4.79 Å². The summed E-state index contributed by atoms with van der Waals surface area (Å²) in [6.45, 7) is 1.77. The predicted molar refractivity (Wildman–Crippen MR) is 114 cm³/mol. The number of hydrogen-bond acceptors (Lipinski definition) is 5. The third kappa shape index (κ3) is 7.84. The summed E-state index contributed by atoms with van der Waals surface area (Å²) >= 11 is 7.98. The highest BCUT2D eigenvalue weighted by atomic mass is 35.5. The Balaban J connectivity index is 0.000000343. The predicted octanol–water partition coefficient (Wildman–Crippen LogP) is 1.63. The van der Waals surface area contributed by atoms with Crippen LogP contribution in [0.4, 0.5) is 0 Å². The van der Waals surface area contributed by atoms with E-state index in [4.69, 9.17) is 21.4 Å². The Morgan fingerprint density at radius 1 is 1.23 bits per heavy atom. The molecule has 0 spiro atoms. The number of likely N-dealkylation sites (N-methyl/N-ethyl adjacent to an activating group) is 1. The van der Waals surface area contributed by atoms with Gasteiger partial charge in [0, 0.05) is 27.3 Å². The van der Waals surface area contributed by atoms with Crippen molar-refractivity contribution in [3.63, 3.8) is 0 Å². The molecular weight excluding hydrogens is 426 g/mol. The lowest BCUT2D eigenvalue weighted by atomic mass is 10.0. The minimum absolute atomic E-state index is 0.0998. The van der Waals surface area contributed by atoms with E-state index in [2.05, 4.69) is 50.5 Å². The van der Waals surface area contributed by atoms with Gasteiger partial charge in [-0.1, -0.05) is 47.6 Å². The molecule has 0 amide bonds. The standard InChI is InChI=1S/C18H20ClNOS.C4H4O4/c1-20(2)9-10-21-16-11-13-5-3-4-6-17(13)22-18-12-14(19)7-8-15(16)18;5-3(6)1-2-4(7)8/h3-8,12,16H,9-11H2,1-2H3;1-2H,(H,5,6)(H,7,8)/b;2-1-. The molecule has 0 radical (unpaired) electrons. The van der Waals surface area contributed by atoms with Crippen LogP contribution in [0.2, 0.25) is 5.02 Å². The molecule has 1 aliphatic heterocycles. The molecule has 1 aliphatic rings. The second-order valence-electron chi connectivity index (χ2n) is 6.90. The largest absolute Gasteiger partial charge is 0.545 e. The summed E-state index contributed by atoms with van der Waals surface area (Å²) in [6, 6.07) is 14.7. The molecular formula is C22H24ClNO5S. The fraction of sp³-hybridized carbons (Fsp3) is 0.273. The van der Waals surface area contributed by atoms with E-state index >= 15 is 0 Å². The van der Waals surface area contributed by atoms with Crippen LogP contribution in [-0.2, 0) is 20.7 Å². The van der Waals surface area contributed by atoms with Crippen LogP contribution in [-0.4, -0.2) is 44.3 Å². The van der Waals surface area contributed by atoms with E-state index in [1.165, 1.54) is 25.8 Å². The van der Waals surface area contributed by atoms with Gasteiger partial charge in [0.2, 0.25) is 0 Å². The first-order valence-corrected chi connectivity index (χ1v) is 10.5. The quantitative estimate of drug-likeness (QED) is 0.651. The number of carbonyl (C=O) groups is 2. The zero-order chi connectivity index (χ0) is 22.1. The molecule has 2 aromatic carbocycles. The molecule has 1 unspecified atom stereocenters. The van der Waals surface area contributed by atoms with Gasteiger partial charge >= 0.3 is 5.97 Å². The van der Waals surface area contributed by atoms with E-state index in [1.54, 1.807) is 11.8 Å². The van der Waals surface area contributed by atoms with E-state index < -0.39 is 11.9 Å². The van der Waals surface area contributed by atoms with Gasteiger partial charge < -0.3 is 24.6 Å². The zero-order valence-electron chi connectivity index (χ0n) is 16.8. The van der Waals surface area contributed by atoms with E-state index in [-0.39, 0.29) is 6.10 Å². The van der Waals surface area contributed by atoms with E-state index in [0.717, 1.165) is 24.6 Å².